The van der Waals surface area contributed by atoms with Crippen molar-refractivity contribution in [2.75, 3.05) is 13.7 Å². The van der Waals surface area contributed by atoms with Gasteiger partial charge in [-0.2, -0.15) is 8.78 Å². The number of aromatic nitrogens is 1. The molecule has 3 aromatic carbocycles. The topological polar surface area (TPSA) is 79.1 Å². The second-order valence-electron chi connectivity index (χ2n) is 9.51. The van der Waals surface area contributed by atoms with Gasteiger partial charge in [0, 0.05) is 16.7 Å². The highest BCUT2D eigenvalue weighted by atomic mass is 35.5. The quantitative estimate of drug-likeness (QED) is 0.142. The number of benzene rings is 3. The molecule has 1 atom stereocenters. The van der Waals surface area contributed by atoms with Gasteiger partial charge in [-0.15, -0.1) is 0 Å². The standard InChI is InChI=1S/C31H23ClF4N2O5S/c1-4-42-30(40)24-15(2)37-31-38(27(24)17-6-8-19(32)9-7-17)29(39)23(44-31)12-16-5-10-22(41-3)18(11-16)14-43-28-25(35)20(33)13-21(34)26(28)36/h5-13,27H,4,14H2,1-3H3/t27-/m1/s1. The van der Waals surface area contributed by atoms with Gasteiger partial charge in [-0.3, -0.25) is 9.36 Å². The Kier molecular flexibility index (Phi) is 8.93. The average molecular weight is 647 g/mol. The zero-order valence-electron chi connectivity index (χ0n) is 23.4. The fraction of sp³-hybridized carbons (Fsp3) is 0.194. The first-order chi connectivity index (χ1) is 21.0. The largest absolute Gasteiger partial charge is 0.496 e. The Morgan fingerprint density at radius 2 is 1.75 bits per heavy atom. The lowest BCUT2D eigenvalue weighted by molar-refractivity contribution is -0.139. The van der Waals surface area contributed by atoms with Crippen LogP contribution in [0.3, 0.4) is 0 Å². The van der Waals surface area contributed by atoms with E-state index in [-0.39, 0.29) is 34.1 Å². The minimum atomic E-state index is -1.67. The molecular formula is C31H23ClF4N2O5S. The van der Waals surface area contributed by atoms with Gasteiger partial charge in [0.05, 0.1) is 35.6 Å². The lowest BCUT2D eigenvalue weighted by Crippen LogP contribution is -2.39. The van der Waals surface area contributed by atoms with Crippen LogP contribution in [0.4, 0.5) is 17.6 Å². The molecule has 0 N–H and O–H groups in total. The van der Waals surface area contributed by atoms with E-state index in [0.717, 1.165) is 11.3 Å². The fourth-order valence-corrected chi connectivity index (χ4v) is 5.90. The fourth-order valence-electron chi connectivity index (χ4n) is 4.73. The number of esters is 1. The number of rotatable bonds is 8. The molecular weight excluding hydrogens is 624 g/mol. The van der Waals surface area contributed by atoms with Crippen molar-refractivity contribution in [1.82, 2.24) is 4.57 Å². The third-order valence-electron chi connectivity index (χ3n) is 6.75. The number of fused-ring (bicyclic) bond motifs is 1. The first-order valence-corrected chi connectivity index (χ1v) is 14.3. The third kappa shape index (κ3) is 5.87. The van der Waals surface area contributed by atoms with Crippen molar-refractivity contribution in [3.05, 3.63) is 124 Å². The lowest BCUT2D eigenvalue weighted by Gasteiger charge is -2.24. The molecule has 0 spiro atoms. The summed E-state index contributed by atoms with van der Waals surface area (Å²) in [6.07, 6.45) is 1.57. The molecule has 5 rings (SSSR count). The summed E-state index contributed by atoms with van der Waals surface area (Å²) in [6.45, 7) is 2.96. The first kappa shape index (κ1) is 31.0. The van der Waals surface area contributed by atoms with E-state index in [1.165, 1.54) is 17.7 Å². The summed E-state index contributed by atoms with van der Waals surface area (Å²) in [5.74, 6) is -8.10. The number of nitrogens with zero attached hydrogens (tertiary/aromatic N) is 2. The number of carbonyl (C=O) groups is 1. The number of ether oxygens (including phenoxy) is 3. The average Bonchev–Trinajstić information content (AvgIpc) is 3.29. The van der Waals surface area contributed by atoms with Gasteiger partial charge in [-0.1, -0.05) is 41.1 Å². The molecule has 0 fully saturated rings. The van der Waals surface area contributed by atoms with Crippen LogP contribution in [0.5, 0.6) is 11.5 Å². The van der Waals surface area contributed by atoms with Crippen LogP contribution in [0.1, 0.15) is 36.6 Å². The molecule has 0 saturated heterocycles. The molecule has 0 radical (unpaired) electrons. The summed E-state index contributed by atoms with van der Waals surface area (Å²) in [4.78, 5) is 31.7. The van der Waals surface area contributed by atoms with Crippen LogP contribution in [-0.4, -0.2) is 24.3 Å². The number of halogens is 5. The molecule has 1 aliphatic rings. The summed E-state index contributed by atoms with van der Waals surface area (Å²) in [5.41, 5.74) is 1.55. The minimum absolute atomic E-state index is 0.0866. The lowest BCUT2D eigenvalue weighted by atomic mass is 9.96. The van der Waals surface area contributed by atoms with E-state index >= 15 is 0 Å². The smallest absolute Gasteiger partial charge is 0.338 e. The molecule has 2 heterocycles. The van der Waals surface area contributed by atoms with Gasteiger partial charge in [0.25, 0.3) is 5.56 Å². The maximum atomic E-state index is 14.1. The Labute approximate surface area is 256 Å². The molecule has 228 valence electrons. The summed E-state index contributed by atoms with van der Waals surface area (Å²) < 4.78 is 73.0. The van der Waals surface area contributed by atoms with Crippen LogP contribution in [0.25, 0.3) is 6.08 Å². The van der Waals surface area contributed by atoms with E-state index < -0.39 is 53.2 Å². The second-order valence-corrected chi connectivity index (χ2v) is 11.0. The number of hydrogen-bond donors (Lipinski definition) is 0. The van der Waals surface area contributed by atoms with Gasteiger partial charge in [0.1, 0.15) is 12.4 Å². The predicted molar refractivity (Wildman–Crippen MR) is 155 cm³/mol. The van der Waals surface area contributed by atoms with Gasteiger partial charge in [-0.05, 0) is 55.3 Å². The summed E-state index contributed by atoms with van der Waals surface area (Å²) >= 11 is 7.19. The second kappa shape index (κ2) is 12.7. The van der Waals surface area contributed by atoms with E-state index in [1.54, 1.807) is 56.3 Å². The van der Waals surface area contributed by atoms with Crippen molar-refractivity contribution in [3.8, 4) is 11.5 Å². The van der Waals surface area contributed by atoms with Gasteiger partial charge >= 0.3 is 5.97 Å². The molecule has 1 aromatic heterocycles. The van der Waals surface area contributed by atoms with Crippen LogP contribution < -0.4 is 24.4 Å². The SMILES string of the molecule is CCOC(=O)C1=C(C)N=c2sc(=Cc3ccc(OC)c(COc4c(F)c(F)cc(F)c4F)c3)c(=O)n2[C@@H]1c1ccc(Cl)cc1. The Morgan fingerprint density at radius 1 is 1.07 bits per heavy atom. The molecule has 1 aliphatic heterocycles. The van der Waals surface area contributed by atoms with Crippen LogP contribution in [0.15, 0.2) is 69.6 Å². The number of hydrogen-bond acceptors (Lipinski definition) is 7. The Balaban J connectivity index is 1.58. The maximum Gasteiger partial charge on any atom is 0.338 e. The number of methoxy groups -OCH3 is 1. The van der Waals surface area contributed by atoms with Crippen molar-refractivity contribution < 1.29 is 36.6 Å². The zero-order valence-corrected chi connectivity index (χ0v) is 25.0. The normalized spacial score (nSPS) is 14.7. The summed E-state index contributed by atoms with van der Waals surface area (Å²) in [5, 5.41) is 0.479. The summed E-state index contributed by atoms with van der Waals surface area (Å²) in [7, 11) is 1.36. The molecule has 44 heavy (non-hydrogen) atoms. The Hall–Kier alpha value is -4.42. The van der Waals surface area contributed by atoms with Crippen LogP contribution in [-0.2, 0) is 16.1 Å². The van der Waals surface area contributed by atoms with Crippen molar-refractivity contribution in [3.63, 3.8) is 0 Å². The predicted octanol–water partition coefficient (Wildman–Crippen LogP) is 5.60. The van der Waals surface area contributed by atoms with Crippen LogP contribution in [0.2, 0.25) is 5.02 Å². The molecule has 13 heteroatoms. The number of allylic oxidation sites excluding steroid dienone is 1. The Morgan fingerprint density at radius 3 is 2.39 bits per heavy atom. The molecule has 0 bridgehead atoms. The molecule has 4 aromatic rings. The van der Waals surface area contributed by atoms with Crippen molar-refractivity contribution in [2.45, 2.75) is 26.5 Å². The van der Waals surface area contributed by atoms with Crippen molar-refractivity contribution in [1.29, 1.82) is 0 Å². The Bertz CT molecular complexity index is 1960. The van der Waals surface area contributed by atoms with Gasteiger partial charge in [0.15, 0.2) is 22.2 Å². The van der Waals surface area contributed by atoms with Crippen LogP contribution in [0, 0.1) is 23.3 Å². The van der Waals surface area contributed by atoms with E-state index in [4.69, 9.17) is 25.8 Å². The van der Waals surface area contributed by atoms with Gasteiger partial charge in [-0.25, -0.2) is 18.6 Å². The van der Waals surface area contributed by atoms with E-state index in [0.29, 0.717) is 26.6 Å². The van der Waals surface area contributed by atoms with E-state index in [1.807, 2.05) is 0 Å². The van der Waals surface area contributed by atoms with Gasteiger partial charge in [0.2, 0.25) is 11.6 Å². The molecule has 0 amide bonds. The first-order valence-electron chi connectivity index (χ1n) is 13.1. The molecule has 0 aliphatic carbocycles. The number of carbonyl (C=O) groups excluding carboxylic acids is 1. The highest BCUT2D eigenvalue weighted by molar-refractivity contribution is 7.07. The zero-order chi connectivity index (χ0) is 31.7. The third-order valence-corrected chi connectivity index (χ3v) is 7.98. The van der Waals surface area contributed by atoms with Crippen LogP contribution >= 0.6 is 22.9 Å². The molecule has 7 nitrogen and oxygen atoms in total. The maximum absolute atomic E-state index is 14.1. The van der Waals surface area contributed by atoms with Crippen molar-refractivity contribution >= 4 is 35.0 Å². The van der Waals surface area contributed by atoms with Gasteiger partial charge < -0.3 is 14.2 Å². The highest BCUT2D eigenvalue weighted by Gasteiger charge is 2.33. The number of thiazole rings is 1. The van der Waals surface area contributed by atoms with Crippen molar-refractivity contribution in [2.24, 2.45) is 4.99 Å². The molecule has 0 unspecified atom stereocenters. The van der Waals surface area contributed by atoms with E-state index in [9.17, 15) is 27.2 Å². The summed E-state index contributed by atoms with van der Waals surface area (Å²) in [6, 6.07) is 10.7. The molecule has 0 saturated carbocycles. The highest BCUT2D eigenvalue weighted by Crippen LogP contribution is 2.32. The van der Waals surface area contributed by atoms with E-state index in [2.05, 4.69) is 4.99 Å². The minimum Gasteiger partial charge on any atom is -0.496 e. The monoisotopic (exact) mass is 646 g/mol.